The number of hydrogen-bond donors (Lipinski definition) is 2. The zero-order valence-corrected chi connectivity index (χ0v) is 16.5. The van der Waals surface area contributed by atoms with Crippen LogP contribution in [-0.2, 0) is 9.53 Å². The Bertz CT molecular complexity index is 269. The van der Waals surface area contributed by atoms with Gasteiger partial charge in [-0.15, -0.1) is 12.4 Å². The number of carbonyl (C=O) groups excluding carboxylic acids is 1. The zero-order valence-electron chi connectivity index (χ0n) is 15.6. The first-order valence-electron chi connectivity index (χ1n) is 9.52. The molecule has 0 rings (SSSR count). The first-order chi connectivity index (χ1) is 11.2. The molecule has 0 fully saturated rings. The van der Waals surface area contributed by atoms with Crippen molar-refractivity contribution in [3.63, 3.8) is 0 Å². The van der Waals surface area contributed by atoms with E-state index in [0.29, 0.717) is 26.2 Å². The van der Waals surface area contributed by atoms with Crippen molar-refractivity contribution in [1.29, 1.82) is 0 Å². The molecule has 0 atom stereocenters. The molecule has 0 unspecified atom stereocenters. The summed E-state index contributed by atoms with van der Waals surface area (Å²) in [4.78, 5) is 13.7. The quantitative estimate of drug-likeness (QED) is 0.306. The van der Waals surface area contributed by atoms with Crippen molar-refractivity contribution in [3.05, 3.63) is 0 Å². The van der Waals surface area contributed by atoms with Crippen LogP contribution in [-0.4, -0.2) is 50.2 Å². The summed E-state index contributed by atoms with van der Waals surface area (Å²) in [6.45, 7) is 5.50. The van der Waals surface area contributed by atoms with Gasteiger partial charge in [-0.2, -0.15) is 0 Å². The lowest BCUT2D eigenvalue weighted by molar-refractivity contribution is -0.144. The van der Waals surface area contributed by atoms with Crippen molar-refractivity contribution in [2.45, 2.75) is 71.1 Å². The molecular formula is C18H40ClN3O2. The smallest absolute Gasteiger partial charge is 0.320 e. The molecular weight excluding hydrogens is 326 g/mol. The van der Waals surface area contributed by atoms with Crippen molar-refractivity contribution in [1.82, 2.24) is 4.90 Å². The van der Waals surface area contributed by atoms with E-state index in [2.05, 4.69) is 11.8 Å². The Labute approximate surface area is 155 Å². The van der Waals surface area contributed by atoms with Gasteiger partial charge in [-0.3, -0.25) is 9.69 Å². The second-order valence-corrected chi connectivity index (χ2v) is 6.26. The van der Waals surface area contributed by atoms with Crippen LogP contribution in [0.3, 0.4) is 0 Å². The average Bonchev–Trinajstić information content (AvgIpc) is 2.54. The Morgan fingerprint density at radius 3 is 1.88 bits per heavy atom. The molecule has 24 heavy (non-hydrogen) atoms. The van der Waals surface area contributed by atoms with Crippen LogP contribution in [0.15, 0.2) is 0 Å². The molecule has 6 heteroatoms. The lowest BCUT2D eigenvalue weighted by atomic mass is 10.1. The number of carbonyl (C=O) groups is 1. The number of unbranched alkanes of at least 4 members (excludes halogenated alkanes) is 9. The first-order valence-corrected chi connectivity index (χ1v) is 9.52. The summed E-state index contributed by atoms with van der Waals surface area (Å²) < 4.78 is 5.02. The normalized spacial score (nSPS) is 10.7. The number of ether oxygens (including phenoxy) is 1. The van der Waals surface area contributed by atoms with Crippen LogP contribution in [0, 0.1) is 0 Å². The second kappa shape index (κ2) is 20.7. The van der Waals surface area contributed by atoms with Crippen LogP contribution in [0.25, 0.3) is 0 Å². The van der Waals surface area contributed by atoms with Crippen molar-refractivity contribution in [2.24, 2.45) is 11.5 Å². The highest BCUT2D eigenvalue weighted by atomic mass is 35.5. The maximum Gasteiger partial charge on any atom is 0.320 e. The molecule has 0 radical (unpaired) electrons. The molecule has 0 saturated carbocycles. The fourth-order valence-corrected chi connectivity index (χ4v) is 2.68. The molecule has 5 nitrogen and oxygen atoms in total. The third kappa shape index (κ3) is 18.0. The molecule has 0 saturated heterocycles. The van der Waals surface area contributed by atoms with Gasteiger partial charge in [0, 0.05) is 19.6 Å². The Hall–Kier alpha value is -0.360. The summed E-state index contributed by atoms with van der Waals surface area (Å²) in [5.74, 6) is -0.198. The molecule has 0 aromatic heterocycles. The lowest BCUT2D eigenvalue weighted by Crippen LogP contribution is -2.36. The van der Waals surface area contributed by atoms with Crippen molar-refractivity contribution in [2.75, 3.05) is 39.3 Å². The van der Waals surface area contributed by atoms with Crippen LogP contribution in [0.2, 0.25) is 0 Å². The second-order valence-electron chi connectivity index (χ2n) is 6.26. The van der Waals surface area contributed by atoms with Gasteiger partial charge in [0.25, 0.3) is 0 Å². The molecule has 146 valence electrons. The zero-order chi connectivity index (χ0) is 17.2. The van der Waals surface area contributed by atoms with E-state index >= 15 is 0 Å². The maximum atomic E-state index is 11.6. The van der Waals surface area contributed by atoms with Crippen LogP contribution >= 0.6 is 12.4 Å². The van der Waals surface area contributed by atoms with E-state index in [1.807, 2.05) is 0 Å². The molecule has 0 heterocycles. The summed E-state index contributed by atoms with van der Waals surface area (Å²) >= 11 is 0. The van der Waals surface area contributed by atoms with E-state index in [9.17, 15) is 4.79 Å². The minimum Gasteiger partial charge on any atom is -0.463 e. The van der Waals surface area contributed by atoms with Crippen LogP contribution in [0.5, 0.6) is 0 Å². The van der Waals surface area contributed by atoms with Crippen molar-refractivity contribution < 1.29 is 9.53 Å². The van der Waals surface area contributed by atoms with Gasteiger partial charge in [-0.05, 0) is 13.0 Å². The van der Waals surface area contributed by atoms with Gasteiger partial charge in [0.2, 0.25) is 0 Å². The van der Waals surface area contributed by atoms with Crippen LogP contribution in [0.4, 0.5) is 0 Å². The minimum atomic E-state index is -0.198. The van der Waals surface area contributed by atoms with Gasteiger partial charge in [0.05, 0.1) is 6.54 Å². The molecule has 0 aromatic rings. The summed E-state index contributed by atoms with van der Waals surface area (Å²) in [7, 11) is 0. The first kappa shape index (κ1) is 25.9. The molecule has 0 aliphatic rings. The predicted octanol–water partition coefficient (Wildman–Crippen LogP) is 3.09. The van der Waals surface area contributed by atoms with Gasteiger partial charge < -0.3 is 16.2 Å². The van der Waals surface area contributed by atoms with E-state index in [1.165, 1.54) is 57.8 Å². The fourth-order valence-electron chi connectivity index (χ4n) is 2.68. The maximum absolute atomic E-state index is 11.6. The monoisotopic (exact) mass is 365 g/mol. The van der Waals surface area contributed by atoms with Crippen LogP contribution < -0.4 is 11.5 Å². The number of rotatable bonds is 17. The Morgan fingerprint density at radius 1 is 0.833 bits per heavy atom. The summed E-state index contributed by atoms with van der Waals surface area (Å²) in [6.07, 6.45) is 13.2. The van der Waals surface area contributed by atoms with E-state index < -0.39 is 0 Å². The predicted molar refractivity (Wildman–Crippen MR) is 105 cm³/mol. The van der Waals surface area contributed by atoms with E-state index in [-0.39, 0.29) is 18.4 Å². The van der Waals surface area contributed by atoms with Gasteiger partial charge >= 0.3 is 5.97 Å². The topological polar surface area (TPSA) is 81.6 Å². The molecule has 0 aromatic carbocycles. The van der Waals surface area contributed by atoms with Crippen LogP contribution in [0.1, 0.15) is 71.1 Å². The number of nitrogens with zero attached hydrogens (tertiary/aromatic N) is 1. The molecule has 0 amide bonds. The number of esters is 1. The molecule has 0 aliphatic carbocycles. The summed E-state index contributed by atoms with van der Waals surface area (Å²) in [5.41, 5.74) is 10.9. The van der Waals surface area contributed by atoms with Gasteiger partial charge in [0.15, 0.2) is 0 Å². The van der Waals surface area contributed by atoms with Gasteiger partial charge in [-0.1, -0.05) is 64.7 Å². The van der Waals surface area contributed by atoms with Crippen molar-refractivity contribution >= 4 is 18.4 Å². The lowest BCUT2D eigenvalue weighted by Gasteiger charge is -2.20. The van der Waals surface area contributed by atoms with E-state index in [1.54, 1.807) is 0 Å². The Morgan fingerprint density at radius 2 is 1.38 bits per heavy atom. The highest BCUT2D eigenvalue weighted by Gasteiger charge is 2.10. The molecule has 0 spiro atoms. The highest BCUT2D eigenvalue weighted by molar-refractivity contribution is 5.85. The summed E-state index contributed by atoms with van der Waals surface area (Å²) in [6, 6.07) is 0. The minimum absolute atomic E-state index is 0. The number of nitrogens with two attached hydrogens (primary N) is 2. The van der Waals surface area contributed by atoms with Gasteiger partial charge in [-0.25, -0.2) is 0 Å². The third-order valence-electron chi connectivity index (χ3n) is 4.01. The molecule has 0 aliphatic heterocycles. The summed E-state index contributed by atoms with van der Waals surface area (Å²) in [5, 5.41) is 0. The van der Waals surface area contributed by atoms with Crippen molar-refractivity contribution in [3.8, 4) is 0 Å². The highest BCUT2D eigenvalue weighted by Crippen LogP contribution is 2.10. The Kier molecular flexibility index (Phi) is 22.3. The average molecular weight is 366 g/mol. The number of hydrogen-bond acceptors (Lipinski definition) is 5. The molecule has 4 N–H and O–H groups in total. The largest absolute Gasteiger partial charge is 0.463 e. The third-order valence-corrected chi connectivity index (χ3v) is 4.01. The van der Waals surface area contributed by atoms with E-state index in [0.717, 1.165) is 19.5 Å². The molecule has 0 bridgehead atoms. The standard InChI is InChI=1S/C18H39N3O2.ClH/c1-2-3-4-5-6-7-8-9-10-11-14-21(15-12-19)17-18(22)23-16-13-20;/h2-17,19-20H2,1H3;1H. The fraction of sp³-hybridized carbons (Fsp3) is 0.944. The van der Waals surface area contributed by atoms with E-state index in [4.69, 9.17) is 16.2 Å². The number of halogens is 1. The Balaban J connectivity index is 0. The van der Waals surface area contributed by atoms with Gasteiger partial charge in [0.1, 0.15) is 6.61 Å². The SMILES string of the molecule is CCCCCCCCCCCCN(CCN)CC(=O)OCCN.Cl.